The first-order valence-electron chi connectivity index (χ1n) is 4.74. The number of rotatable bonds is 1. The zero-order chi connectivity index (χ0) is 9.97. The minimum absolute atomic E-state index is 0.260. The molecule has 4 nitrogen and oxygen atoms in total. The maximum absolute atomic E-state index is 5.89. The van der Waals surface area contributed by atoms with E-state index < -0.39 is 0 Å². The molecule has 2 heterocycles. The number of hydrogen-bond acceptors (Lipinski definition) is 4. The van der Waals surface area contributed by atoms with Crippen LogP contribution in [0.25, 0.3) is 0 Å². The lowest BCUT2D eigenvalue weighted by Crippen LogP contribution is -2.43. The average molecular weight is 257 g/mol. The molecule has 0 spiro atoms. The molecule has 0 amide bonds. The molecule has 2 N–H and O–H groups in total. The van der Waals surface area contributed by atoms with Gasteiger partial charge in [-0.15, -0.1) is 0 Å². The van der Waals surface area contributed by atoms with Crippen LogP contribution in [0.15, 0.2) is 16.9 Å². The van der Waals surface area contributed by atoms with Crippen LogP contribution in [0, 0.1) is 0 Å². The minimum atomic E-state index is 0.260. The van der Waals surface area contributed by atoms with Crippen LogP contribution >= 0.6 is 15.9 Å². The van der Waals surface area contributed by atoms with E-state index in [0.29, 0.717) is 0 Å². The molecule has 1 fully saturated rings. The zero-order valence-corrected chi connectivity index (χ0v) is 9.44. The fraction of sp³-hybridized carbons (Fsp3) is 0.556. The lowest BCUT2D eigenvalue weighted by atomic mass is 10.1. The topological polar surface area (TPSA) is 55.0 Å². The van der Waals surface area contributed by atoms with Crippen LogP contribution in [0.1, 0.15) is 12.8 Å². The standard InChI is InChI=1S/C9H13BrN4/c10-7-4-12-9(13-5-7)14-3-1-2-8(11)6-14/h4-5,8H,1-3,6,11H2. The van der Waals surface area contributed by atoms with E-state index in [2.05, 4.69) is 30.8 Å². The number of aromatic nitrogens is 2. The van der Waals surface area contributed by atoms with Gasteiger partial charge in [0.1, 0.15) is 0 Å². The highest BCUT2D eigenvalue weighted by atomic mass is 79.9. The molecule has 5 heteroatoms. The van der Waals surface area contributed by atoms with Gasteiger partial charge in [0.15, 0.2) is 0 Å². The molecule has 76 valence electrons. The van der Waals surface area contributed by atoms with Crippen molar-refractivity contribution >= 4 is 21.9 Å². The number of nitrogens with zero attached hydrogens (tertiary/aromatic N) is 3. The van der Waals surface area contributed by atoms with E-state index >= 15 is 0 Å². The summed E-state index contributed by atoms with van der Waals surface area (Å²) in [4.78, 5) is 10.6. The number of nitrogens with two attached hydrogens (primary N) is 1. The van der Waals surface area contributed by atoms with Gasteiger partial charge < -0.3 is 10.6 Å². The van der Waals surface area contributed by atoms with E-state index in [0.717, 1.165) is 36.4 Å². The van der Waals surface area contributed by atoms with Crippen molar-refractivity contribution in [2.45, 2.75) is 18.9 Å². The van der Waals surface area contributed by atoms with Crippen LogP contribution < -0.4 is 10.6 Å². The quantitative estimate of drug-likeness (QED) is 0.820. The Morgan fingerprint density at radius 2 is 2.14 bits per heavy atom. The minimum Gasteiger partial charge on any atom is -0.339 e. The Bertz CT molecular complexity index is 300. The van der Waals surface area contributed by atoms with Crippen molar-refractivity contribution in [3.63, 3.8) is 0 Å². The van der Waals surface area contributed by atoms with Crippen molar-refractivity contribution in [3.8, 4) is 0 Å². The molecule has 0 aromatic carbocycles. The van der Waals surface area contributed by atoms with E-state index in [1.807, 2.05) is 0 Å². The third-order valence-corrected chi connectivity index (χ3v) is 2.76. The normalized spacial score (nSPS) is 22.4. The van der Waals surface area contributed by atoms with Crippen LogP contribution in [0.2, 0.25) is 0 Å². The summed E-state index contributed by atoms with van der Waals surface area (Å²) in [7, 11) is 0. The third kappa shape index (κ3) is 2.22. The fourth-order valence-corrected chi connectivity index (χ4v) is 1.87. The molecular formula is C9H13BrN4. The Hall–Kier alpha value is -0.680. The summed E-state index contributed by atoms with van der Waals surface area (Å²) in [5.41, 5.74) is 5.89. The van der Waals surface area contributed by atoms with Gasteiger partial charge in [0.25, 0.3) is 0 Å². The molecule has 2 rings (SSSR count). The molecule has 1 atom stereocenters. The van der Waals surface area contributed by atoms with Crippen molar-refractivity contribution in [3.05, 3.63) is 16.9 Å². The van der Waals surface area contributed by atoms with Gasteiger partial charge in [-0.1, -0.05) is 0 Å². The smallest absolute Gasteiger partial charge is 0.225 e. The Balaban J connectivity index is 2.10. The van der Waals surface area contributed by atoms with E-state index in [1.54, 1.807) is 12.4 Å². The van der Waals surface area contributed by atoms with Crippen molar-refractivity contribution in [1.82, 2.24) is 9.97 Å². The summed E-state index contributed by atoms with van der Waals surface area (Å²) in [6.45, 7) is 1.87. The Morgan fingerprint density at radius 1 is 1.43 bits per heavy atom. The first-order chi connectivity index (χ1) is 6.75. The molecule has 1 aliphatic heterocycles. The van der Waals surface area contributed by atoms with Gasteiger partial charge in [0, 0.05) is 31.5 Å². The molecule has 0 saturated carbocycles. The summed E-state index contributed by atoms with van der Waals surface area (Å²) in [6.07, 6.45) is 5.76. The summed E-state index contributed by atoms with van der Waals surface area (Å²) >= 11 is 3.31. The summed E-state index contributed by atoms with van der Waals surface area (Å²) in [5, 5.41) is 0. The lowest BCUT2D eigenvalue weighted by Gasteiger charge is -2.30. The number of halogens is 1. The van der Waals surface area contributed by atoms with E-state index in [1.165, 1.54) is 0 Å². The summed E-state index contributed by atoms with van der Waals surface area (Å²) in [5.74, 6) is 0.781. The molecule has 1 aliphatic rings. The highest BCUT2D eigenvalue weighted by Gasteiger charge is 2.18. The predicted octanol–water partition coefficient (Wildman–Crippen LogP) is 1.17. The Morgan fingerprint density at radius 3 is 2.79 bits per heavy atom. The van der Waals surface area contributed by atoms with Crippen molar-refractivity contribution in [2.24, 2.45) is 5.73 Å². The van der Waals surface area contributed by atoms with Crippen LogP contribution in [-0.2, 0) is 0 Å². The molecular weight excluding hydrogens is 244 g/mol. The monoisotopic (exact) mass is 256 g/mol. The number of anilines is 1. The number of piperidine rings is 1. The maximum Gasteiger partial charge on any atom is 0.225 e. The van der Waals surface area contributed by atoms with Gasteiger partial charge in [0.2, 0.25) is 5.95 Å². The van der Waals surface area contributed by atoms with Gasteiger partial charge in [-0.05, 0) is 28.8 Å². The molecule has 1 unspecified atom stereocenters. The Kier molecular flexibility index (Phi) is 2.98. The molecule has 1 aromatic heterocycles. The molecule has 0 radical (unpaired) electrons. The van der Waals surface area contributed by atoms with Crippen molar-refractivity contribution < 1.29 is 0 Å². The third-order valence-electron chi connectivity index (χ3n) is 2.35. The SMILES string of the molecule is NC1CCCN(c2ncc(Br)cn2)C1. The second-order valence-corrected chi connectivity index (χ2v) is 4.47. The fourth-order valence-electron chi connectivity index (χ4n) is 1.66. The van der Waals surface area contributed by atoms with Crippen molar-refractivity contribution in [2.75, 3.05) is 18.0 Å². The van der Waals surface area contributed by atoms with Gasteiger partial charge >= 0.3 is 0 Å². The Labute approximate surface area is 91.7 Å². The van der Waals surface area contributed by atoms with Crippen LogP contribution in [0.5, 0.6) is 0 Å². The average Bonchev–Trinajstić information content (AvgIpc) is 2.19. The molecule has 0 aliphatic carbocycles. The highest BCUT2D eigenvalue weighted by molar-refractivity contribution is 9.10. The largest absolute Gasteiger partial charge is 0.339 e. The molecule has 1 saturated heterocycles. The molecule has 1 aromatic rings. The second kappa shape index (κ2) is 4.23. The van der Waals surface area contributed by atoms with Crippen molar-refractivity contribution in [1.29, 1.82) is 0 Å². The molecule has 0 bridgehead atoms. The first-order valence-corrected chi connectivity index (χ1v) is 5.53. The van der Waals surface area contributed by atoms with Gasteiger partial charge in [0.05, 0.1) is 4.47 Å². The highest BCUT2D eigenvalue weighted by Crippen LogP contribution is 2.15. The molecule has 14 heavy (non-hydrogen) atoms. The lowest BCUT2D eigenvalue weighted by molar-refractivity contribution is 0.499. The van der Waals surface area contributed by atoms with Crippen LogP contribution in [0.3, 0.4) is 0 Å². The summed E-state index contributed by atoms with van der Waals surface area (Å²) in [6, 6.07) is 0.260. The zero-order valence-electron chi connectivity index (χ0n) is 7.86. The van der Waals surface area contributed by atoms with Gasteiger partial charge in [-0.2, -0.15) is 0 Å². The number of hydrogen-bond donors (Lipinski definition) is 1. The van der Waals surface area contributed by atoms with E-state index in [-0.39, 0.29) is 6.04 Å². The van der Waals surface area contributed by atoms with E-state index in [4.69, 9.17) is 5.73 Å². The van der Waals surface area contributed by atoms with Gasteiger partial charge in [-0.3, -0.25) is 0 Å². The van der Waals surface area contributed by atoms with E-state index in [9.17, 15) is 0 Å². The first kappa shape index (κ1) is 9.86. The van der Waals surface area contributed by atoms with Gasteiger partial charge in [-0.25, -0.2) is 9.97 Å². The predicted molar refractivity (Wildman–Crippen MR) is 59.2 cm³/mol. The van der Waals surface area contributed by atoms with Crippen LogP contribution in [0.4, 0.5) is 5.95 Å². The maximum atomic E-state index is 5.89. The summed E-state index contributed by atoms with van der Waals surface area (Å²) < 4.78 is 0.905. The van der Waals surface area contributed by atoms with Crippen LogP contribution in [-0.4, -0.2) is 29.1 Å². The second-order valence-electron chi connectivity index (χ2n) is 3.55.